The van der Waals surface area contributed by atoms with Crippen LogP contribution in [0.5, 0.6) is 0 Å². The molecule has 0 saturated carbocycles. The number of urea groups is 1. The average molecular weight is 392 g/mol. The van der Waals surface area contributed by atoms with E-state index < -0.39 is 11.6 Å². The number of hydrogen-bond acceptors (Lipinski definition) is 5. The maximum atomic E-state index is 13.3. The van der Waals surface area contributed by atoms with E-state index >= 15 is 0 Å². The summed E-state index contributed by atoms with van der Waals surface area (Å²) in [7, 11) is 0. The Morgan fingerprint density at radius 3 is 2.76 bits per heavy atom. The summed E-state index contributed by atoms with van der Waals surface area (Å²) in [5.41, 5.74) is 1.47. The van der Waals surface area contributed by atoms with Crippen LogP contribution in [0.4, 0.5) is 9.18 Å². The number of carbonyl (C=O) groups excluding carboxylic acids is 2. The highest BCUT2D eigenvalue weighted by Crippen LogP contribution is 2.40. The number of hydrogen-bond donors (Lipinski definition) is 1. The van der Waals surface area contributed by atoms with Crippen LogP contribution in [0.15, 0.2) is 53.1 Å². The van der Waals surface area contributed by atoms with Gasteiger partial charge in [-0.3, -0.25) is 9.69 Å². The molecule has 7 nitrogen and oxygen atoms in total. The second-order valence-corrected chi connectivity index (χ2v) is 7.26. The first-order valence-electron chi connectivity index (χ1n) is 9.38. The van der Waals surface area contributed by atoms with Gasteiger partial charge in [-0.2, -0.15) is 4.98 Å². The van der Waals surface area contributed by atoms with Gasteiger partial charge in [-0.15, -0.1) is 0 Å². The van der Waals surface area contributed by atoms with Crippen molar-refractivity contribution in [3.05, 3.63) is 71.4 Å². The van der Waals surface area contributed by atoms with Gasteiger partial charge in [-0.25, -0.2) is 9.18 Å². The van der Waals surface area contributed by atoms with Crippen molar-refractivity contribution < 1.29 is 18.5 Å². The Balaban J connectivity index is 1.42. The molecule has 1 unspecified atom stereocenters. The van der Waals surface area contributed by atoms with Gasteiger partial charge in [0.2, 0.25) is 11.7 Å². The van der Waals surface area contributed by atoms with Crippen LogP contribution in [-0.2, 0) is 23.3 Å². The number of fused-ring (bicyclic) bond motifs is 2. The molecule has 29 heavy (non-hydrogen) atoms. The number of amides is 3. The second kappa shape index (κ2) is 6.51. The van der Waals surface area contributed by atoms with E-state index in [4.69, 9.17) is 4.52 Å². The normalized spacial score (nSPS) is 20.8. The van der Waals surface area contributed by atoms with Gasteiger partial charge < -0.3 is 9.84 Å². The zero-order valence-corrected chi connectivity index (χ0v) is 15.4. The SMILES string of the molecule is O=C1NC2(CCCc3ccccc32)C(=O)N1Cc1nc(-c2ccc(F)cc2)no1. The van der Waals surface area contributed by atoms with Crippen molar-refractivity contribution in [3.63, 3.8) is 0 Å². The number of nitrogens with one attached hydrogen (secondary N) is 1. The molecule has 2 aromatic carbocycles. The predicted molar refractivity (Wildman–Crippen MR) is 99.8 cm³/mol. The van der Waals surface area contributed by atoms with E-state index in [1.54, 1.807) is 0 Å². The molecule has 5 rings (SSSR count). The van der Waals surface area contributed by atoms with Crippen LogP contribution < -0.4 is 5.32 Å². The Bertz CT molecular complexity index is 1110. The molecule has 2 aliphatic rings. The molecule has 1 atom stereocenters. The number of carbonyl (C=O) groups is 2. The Kier molecular flexibility index (Phi) is 3.94. The van der Waals surface area contributed by atoms with Crippen LogP contribution in [0.2, 0.25) is 0 Å². The first kappa shape index (κ1) is 17.5. The van der Waals surface area contributed by atoms with Crippen LogP contribution in [0, 0.1) is 5.82 Å². The first-order valence-corrected chi connectivity index (χ1v) is 9.38. The van der Waals surface area contributed by atoms with Crippen LogP contribution in [0.3, 0.4) is 0 Å². The van der Waals surface area contributed by atoms with Gasteiger partial charge in [-0.1, -0.05) is 29.4 Å². The van der Waals surface area contributed by atoms with Crippen molar-refractivity contribution in [2.75, 3.05) is 0 Å². The van der Waals surface area contributed by atoms with Gasteiger partial charge in [-0.05, 0) is 54.7 Å². The molecule has 1 saturated heterocycles. The highest BCUT2D eigenvalue weighted by Gasteiger charge is 2.54. The minimum Gasteiger partial charge on any atom is -0.337 e. The maximum Gasteiger partial charge on any atom is 0.325 e. The summed E-state index contributed by atoms with van der Waals surface area (Å²) < 4.78 is 18.3. The summed E-state index contributed by atoms with van der Waals surface area (Å²) in [4.78, 5) is 31.3. The third-order valence-electron chi connectivity index (χ3n) is 5.51. The topological polar surface area (TPSA) is 88.3 Å². The van der Waals surface area contributed by atoms with Crippen LogP contribution in [0.1, 0.15) is 29.9 Å². The lowest BCUT2D eigenvalue weighted by molar-refractivity contribution is -0.132. The molecule has 1 aromatic heterocycles. The van der Waals surface area contributed by atoms with Crippen LogP contribution >= 0.6 is 0 Å². The van der Waals surface area contributed by atoms with E-state index in [9.17, 15) is 14.0 Å². The van der Waals surface area contributed by atoms with Gasteiger partial charge in [0.05, 0.1) is 0 Å². The van der Waals surface area contributed by atoms with E-state index in [1.807, 2.05) is 24.3 Å². The highest BCUT2D eigenvalue weighted by atomic mass is 19.1. The molecular formula is C21H17FN4O3. The minimum atomic E-state index is -1.04. The monoisotopic (exact) mass is 392 g/mol. The van der Waals surface area contributed by atoms with Crippen LogP contribution in [-0.4, -0.2) is 27.0 Å². The average Bonchev–Trinajstić information content (AvgIpc) is 3.29. The standard InChI is InChI=1S/C21H17FN4O3/c22-15-9-7-14(8-10-15)18-23-17(29-25-18)12-26-19(27)21(24-20(26)28)11-3-5-13-4-1-2-6-16(13)21/h1-2,4,6-10H,3,5,11-12H2,(H,24,28). The van der Waals surface area contributed by atoms with Crippen molar-refractivity contribution in [1.82, 2.24) is 20.4 Å². The number of nitrogens with zero attached hydrogens (tertiary/aromatic N) is 3. The van der Waals surface area contributed by atoms with Crippen molar-refractivity contribution >= 4 is 11.9 Å². The van der Waals surface area contributed by atoms with E-state index in [-0.39, 0.29) is 30.0 Å². The van der Waals surface area contributed by atoms with Crippen molar-refractivity contribution in [2.24, 2.45) is 0 Å². The van der Waals surface area contributed by atoms with E-state index in [0.29, 0.717) is 12.0 Å². The highest BCUT2D eigenvalue weighted by molar-refractivity contribution is 6.07. The van der Waals surface area contributed by atoms with Crippen molar-refractivity contribution in [1.29, 1.82) is 0 Å². The summed E-state index contributed by atoms with van der Waals surface area (Å²) in [5, 5.41) is 6.77. The summed E-state index contributed by atoms with van der Waals surface area (Å²) in [6, 6.07) is 12.9. The Morgan fingerprint density at radius 1 is 1.14 bits per heavy atom. The molecule has 1 aliphatic heterocycles. The molecule has 1 fully saturated rings. The number of aromatic nitrogens is 2. The molecule has 1 spiro atoms. The van der Waals surface area contributed by atoms with E-state index in [0.717, 1.165) is 28.9 Å². The summed E-state index contributed by atoms with van der Waals surface area (Å²) in [5.74, 6) is -0.273. The summed E-state index contributed by atoms with van der Waals surface area (Å²) in [6.07, 6.45) is 2.24. The van der Waals surface area contributed by atoms with E-state index in [2.05, 4.69) is 15.5 Å². The molecule has 8 heteroatoms. The fourth-order valence-corrected chi connectivity index (χ4v) is 4.13. The summed E-state index contributed by atoms with van der Waals surface area (Å²) in [6.45, 7) is -0.122. The Hall–Kier alpha value is -3.55. The number of benzene rings is 2. The number of rotatable bonds is 3. The van der Waals surface area contributed by atoms with Gasteiger partial charge >= 0.3 is 6.03 Å². The largest absolute Gasteiger partial charge is 0.337 e. The lowest BCUT2D eigenvalue weighted by Crippen LogP contribution is -2.46. The first-order chi connectivity index (χ1) is 14.1. The van der Waals surface area contributed by atoms with Crippen LogP contribution in [0.25, 0.3) is 11.4 Å². The fourth-order valence-electron chi connectivity index (χ4n) is 4.13. The molecule has 1 aliphatic carbocycles. The van der Waals surface area contributed by atoms with Gasteiger partial charge in [0.25, 0.3) is 5.91 Å². The van der Waals surface area contributed by atoms with E-state index in [1.165, 1.54) is 24.3 Å². The second-order valence-electron chi connectivity index (χ2n) is 7.26. The molecule has 0 radical (unpaired) electrons. The molecule has 146 valence electrons. The van der Waals surface area contributed by atoms with Gasteiger partial charge in [0.15, 0.2) is 0 Å². The molecule has 2 heterocycles. The minimum absolute atomic E-state index is 0.122. The zero-order valence-electron chi connectivity index (χ0n) is 15.4. The molecule has 3 aromatic rings. The lowest BCUT2D eigenvalue weighted by Gasteiger charge is -2.33. The third-order valence-corrected chi connectivity index (χ3v) is 5.51. The number of imide groups is 1. The van der Waals surface area contributed by atoms with Gasteiger partial charge in [0, 0.05) is 5.56 Å². The third kappa shape index (κ3) is 2.79. The maximum absolute atomic E-state index is 13.3. The zero-order chi connectivity index (χ0) is 20.0. The number of aryl methyl sites for hydroxylation is 1. The Labute approximate surface area is 165 Å². The number of halogens is 1. The van der Waals surface area contributed by atoms with Gasteiger partial charge in [0.1, 0.15) is 17.9 Å². The quantitative estimate of drug-likeness (QED) is 0.692. The molecule has 1 N–H and O–H groups in total. The molecular weight excluding hydrogens is 375 g/mol. The lowest BCUT2D eigenvalue weighted by atomic mass is 9.76. The van der Waals surface area contributed by atoms with Crippen molar-refractivity contribution in [3.8, 4) is 11.4 Å². The molecule has 0 bridgehead atoms. The predicted octanol–water partition coefficient (Wildman–Crippen LogP) is 3.16. The fraction of sp³-hybridized carbons (Fsp3) is 0.238. The summed E-state index contributed by atoms with van der Waals surface area (Å²) >= 11 is 0. The Morgan fingerprint density at radius 2 is 1.93 bits per heavy atom. The smallest absolute Gasteiger partial charge is 0.325 e. The molecule has 3 amide bonds. The van der Waals surface area contributed by atoms with Crippen molar-refractivity contribution in [2.45, 2.75) is 31.3 Å².